The molecule has 0 aromatic heterocycles. The molecule has 1 N–H and O–H groups in total. The zero-order valence-electron chi connectivity index (χ0n) is 10.7. The smallest absolute Gasteiger partial charge is 0.133 e. The van der Waals surface area contributed by atoms with Gasteiger partial charge in [0.15, 0.2) is 0 Å². The van der Waals surface area contributed by atoms with Gasteiger partial charge < -0.3 is 9.84 Å². The molecule has 0 saturated carbocycles. The summed E-state index contributed by atoms with van der Waals surface area (Å²) in [6, 6.07) is 10.8. The van der Waals surface area contributed by atoms with Crippen LogP contribution in [0.3, 0.4) is 0 Å². The lowest BCUT2D eigenvalue weighted by Crippen LogP contribution is -2.03. The molecule has 0 aliphatic rings. The Bertz CT molecular complexity index is 597. The Kier molecular flexibility index (Phi) is 5.33. The van der Waals surface area contributed by atoms with Crippen LogP contribution in [-0.2, 0) is 6.42 Å². The van der Waals surface area contributed by atoms with Crippen molar-refractivity contribution in [2.45, 2.75) is 12.5 Å². The largest absolute Gasteiger partial charge is 0.496 e. The standard InChI is InChI=1S/C15H13BrCl2O2/c1-20-15-6-5-9(7-11(15)16)14(19)8-10-12(17)3-2-4-13(10)18/h2-7,14,19H,8H2,1H3. The van der Waals surface area contributed by atoms with E-state index in [-0.39, 0.29) is 0 Å². The Morgan fingerprint density at radius 3 is 2.40 bits per heavy atom. The molecule has 2 aromatic carbocycles. The van der Waals surface area contributed by atoms with Gasteiger partial charge >= 0.3 is 0 Å². The molecule has 0 heterocycles. The molecule has 1 atom stereocenters. The first kappa shape index (κ1) is 15.6. The van der Waals surface area contributed by atoms with Crippen molar-refractivity contribution in [2.75, 3.05) is 7.11 Å². The van der Waals surface area contributed by atoms with Crippen LogP contribution in [0.4, 0.5) is 0 Å². The van der Waals surface area contributed by atoms with Crippen molar-refractivity contribution in [1.29, 1.82) is 0 Å². The maximum Gasteiger partial charge on any atom is 0.133 e. The van der Waals surface area contributed by atoms with Gasteiger partial charge in [-0.2, -0.15) is 0 Å². The third kappa shape index (κ3) is 3.47. The molecule has 1 unspecified atom stereocenters. The molecule has 0 saturated heterocycles. The lowest BCUT2D eigenvalue weighted by atomic mass is 10.0. The van der Waals surface area contributed by atoms with E-state index in [0.717, 1.165) is 21.3 Å². The maximum absolute atomic E-state index is 10.3. The van der Waals surface area contributed by atoms with Crippen LogP contribution in [0.15, 0.2) is 40.9 Å². The average molecular weight is 376 g/mol. The molecular weight excluding hydrogens is 363 g/mol. The number of aliphatic hydroxyl groups excluding tert-OH is 1. The van der Waals surface area contributed by atoms with E-state index in [0.29, 0.717) is 16.5 Å². The minimum atomic E-state index is -0.686. The van der Waals surface area contributed by atoms with Crippen LogP contribution in [0.2, 0.25) is 10.0 Å². The van der Waals surface area contributed by atoms with Gasteiger partial charge in [0.2, 0.25) is 0 Å². The Morgan fingerprint density at radius 2 is 1.85 bits per heavy atom. The fraction of sp³-hybridized carbons (Fsp3) is 0.200. The lowest BCUT2D eigenvalue weighted by Gasteiger charge is -2.14. The number of benzene rings is 2. The van der Waals surface area contributed by atoms with Crippen molar-refractivity contribution in [3.8, 4) is 5.75 Å². The lowest BCUT2D eigenvalue weighted by molar-refractivity contribution is 0.178. The Hall–Kier alpha value is -0.740. The van der Waals surface area contributed by atoms with E-state index >= 15 is 0 Å². The number of rotatable bonds is 4. The number of aliphatic hydroxyl groups is 1. The molecule has 0 radical (unpaired) electrons. The fourth-order valence-electron chi connectivity index (χ4n) is 1.93. The molecule has 0 bridgehead atoms. The van der Waals surface area contributed by atoms with Crippen molar-refractivity contribution in [2.24, 2.45) is 0 Å². The summed E-state index contributed by atoms with van der Waals surface area (Å²) in [5.74, 6) is 0.719. The third-order valence-corrected chi connectivity index (χ3v) is 4.35. The van der Waals surface area contributed by atoms with Gasteiger partial charge in [-0.25, -0.2) is 0 Å². The van der Waals surface area contributed by atoms with E-state index in [4.69, 9.17) is 27.9 Å². The van der Waals surface area contributed by atoms with Crippen molar-refractivity contribution < 1.29 is 9.84 Å². The van der Waals surface area contributed by atoms with Gasteiger partial charge in [0.05, 0.1) is 17.7 Å². The molecule has 106 valence electrons. The summed E-state index contributed by atoms with van der Waals surface area (Å²) in [6.45, 7) is 0. The molecule has 2 aromatic rings. The fourth-order valence-corrected chi connectivity index (χ4v) is 3.04. The maximum atomic E-state index is 10.3. The van der Waals surface area contributed by atoms with Crippen LogP contribution < -0.4 is 4.74 Å². The molecule has 5 heteroatoms. The van der Waals surface area contributed by atoms with E-state index < -0.39 is 6.10 Å². The van der Waals surface area contributed by atoms with Crippen LogP contribution in [-0.4, -0.2) is 12.2 Å². The highest BCUT2D eigenvalue weighted by Gasteiger charge is 2.15. The van der Waals surface area contributed by atoms with E-state index in [1.807, 2.05) is 12.1 Å². The summed E-state index contributed by atoms with van der Waals surface area (Å²) in [4.78, 5) is 0. The first-order valence-corrected chi connectivity index (χ1v) is 7.52. The highest BCUT2D eigenvalue weighted by molar-refractivity contribution is 9.10. The summed E-state index contributed by atoms with van der Waals surface area (Å²) >= 11 is 15.6. The highest BCUT2D eigenvalue weighted by atomic mass is 79.9. The summed E-state index contributed by atoms with van der Waals surface area (Å²) in [5.41, 5.74) is 1.52. The number of hydrogen-bond donors (Lipinski definition) is 1. The molecule has 2 nitrogen and oxygen atoms in total. The van der Waals surface area contributed by atoms with E-state index in [1.54, 1.807) is 31.4 Å². The first-order chi connectivity index (χ1) is 9.52. The van der Waals surface area contributed by atoms with Crippen LogP contribution in [0, 0.1) is 0 Å². The van der Waals surface area contributed by atoms with Gasteiger partial charge in [-0.3, -0.25) is 0 Å². The van der Waals surface area contributed by atoms with Crippen molar-refractivity contribution >= 4 is 39.1 Å². The second-order valence-corrected chi connectivity index (χ2v) is 5.98. The summed E-state index contributed by atoms with van der Waals surface area (Å²) < 4.78 is 5.96. The van der Waals surface area contributed by atoms with Gasteiger partial charge in [0, 0.05) is 16.5 Å². The molecule has 0 aliphatic carbocycles. The van der Waals surface area contributed by atoms with Crippen LogP contribution >= 0.6 is 39.1 Å². The normalized spacial score (nSPS) is 12.2. The van der Waals surface area contributed by atoms with Crippen LogP contribution in [0.1, 0.15) is 17.2 Å². The molecule has 20 heavy (non-hydrogen) atoms. The molecule has 2 rings (SSSR count). The van der Waals surface area contributed by atoms with Crippen molar-refractivity contribution in [1.82, 2.24) is 0 Å². The zero-order valence-corrected chi connectivity index (χ0v) is 13.8. The SMILES string of the molecule is COc1ccc(C(O)Cc2c(Cl)cccc2Cl)cc1Br. The van der Waals surface area contributed by atoms with Gasteiger partial charge in [0.25, 0.3) is 0 Å². The topological polar surface area (TPSA) is 29.5 Å². The van der Waals surface area contributed by atoms with Gasteiger partial charge in [-0.1, -0.05) is 35.3 Å². The minimum Gasteiger partial charge on any atom is -0.496 e. The summed E-state index contributed by atoms with van der Waals surface area (Å²) in [6.07, 6.45) is -0.327. The van der Waals surface area contributed by atoms with Crippen LogP contribution in [0.25, 0.3) is 0 Å². The Labute approximate surface area is 136 Å². The van der Waals surface area contributed by atoms with Crippen molar-refractivity contribution in [3.05, 3.63) is 62.0 Å². The van der Waals surface area contributed by atoms with E-state index in [9.17, 15) is 5.11 Å². The Morgan fingerprint density at radius 1 is 1.20 bits per heavy atom. The van der Waals surface area contributed by atoms with Crippen molar-refractivity contribution in [3.63, 3.8) is 0 Å². The molecule has 0 aliphatic heterocycles. The first-order valence-electron chi connectivity index (χ1n) is 5.97. The minimum absolute atomic E-state index is 0.358. The quantitative estimate of drug-likeness (QED) is 0.810. The van der Waals surface area contributed by atoms with Gasteiger partial charge in [0.1, 0.15) is 5.75 Å². The third-order valence-electron chi connectivity index (χ3n) is 3.02. The van der Waals surface area contributed by atoms with Gasteiger partial charge in [-0.15, -0.1) is 0 Å². The molecule has 0 amide bonds. The molecular formula is C15H13BrCl2O2. The monoisotopic (exact) mass is 374 g/mol. The number of methoxy groups -OCH3 is 1. The van der Waals surface area contributed by atoms with Gasteiger partial charge in [-0.05, 0) is 51.3 Å². The molecule has 0 fully saturated rings. The summed E-state index contributed by atoms with van der Waals surface area (Å²) in [5, 5.41) is 11.5. The number of hydrogen-bond acceptors (Lipinski definition) is 2. The second kappa shape index (κ2) is 6.81. The predicted molar refractivity (Wildman–Crippen MR) is 85.8 cm³/mol. The average Bonchev–Trinajstić information content (AvgIpc) is 2.42. The number of ether oxygens (including phenoxy) is 1. The summed E-state index contributed by atoms with van der Waals surface area (Å²) in [7, 11) is 1.60. The predicted octanol–water partition coefficient (Wildman–Crippen LogP) is 5.04. The van der Waals surface area contributed by atoms with Crippen LogP contribution in [0.5, 0.6) is 5.75 Å². The number of halogens is 3. The molecule has 0 spiro atoms. The zero-order chi connectivity index (χ0) is 14.7. The second-order valence-electron chi connectivity index (χ2n) is 4.31. The van der Waals surface area contributed by atoms with E-state index in [1.165, 1.54) is 0 Å². The Balaban J connectivity index is 2.24. The van der Waals surface area contributed by atoms with E-state index in [2.05, 4.69) is 15.9 Å². The highest BCUT2D eigenvalue weighted by Crippen LogP contribution is 2.32.